The second kappa shape index (κ2) is 9.15. The molecular weight excluding hydrogens is 344 g/mol. The third-order valence-corrected chi connectivity index (χ3v) is 5.14. The van der Waals surface area contributed by atoms with Gasteiger partial charge in [0.2, 0.25) is 0 Å². The first-order chi connectivity index (χ1) is 12.7. The summed E-state index contributed by atoms with van der Waals surface area (Å²) in [5.74, 6) is 0.579. The maximum absolute atomic E-state index is 11.9. The number of hydrogen-bond acceptors (Lipinski definition) is 4. The van der Waals surface area contributed by atoms with Gasteiger partial charge in [-0.3, -0.25) is 4.79 Å². The van der Waals surface area contributed by atoms with Crippen molar-refractivity contribution in [2.24, 2.45) is 0 Å². The van der Waals surface area contributed by atoms with Crippen molar-refractivity contribution in [3.63, 3.8) is 0 Å². The Bertz CT molecular complexity index is 832. The summed E-state index contributed by atoms with van der Waals surface area (Å²) < 4.78 is 5.44. The van der Waals surface area contributed by atoms with Crippen molar-refractivity contribution in [2.75, 3.05) is 13.2 Å². The third kappa shape index (κ3) is 5.43. The maximum Gasteiger partial charge on any atom is 0.257 e. The molecule has 0 aliphatic heterocycles. The standard InChI is InChI=1S/C21H22N2O2S/c1-16-19(14-17-8-4-2-5-9-17)26-21(23-16)12-13-22-20(24)15-25-18-10-6-3-7-11-18/h2-11H,12-15H2,1H3,(H,22,24). The number of rotatable bonds is 8. The molecule has 1 N–H and O–H groups in total. The molecular formula is C21H22N2O2S. The van der Waals surface area contributed by atoms with Gasteiger partial charge in [0, 0.05) is 24.3 Å². The predicted molar refractivity (Wildman–Crippen MR) is 105 cm³/mol. The van der Waals surface area contributed by atoms with E-state index in [1.165, 1.54) is 10.4 Å². The Kier molecular flexibility index (Phi) is 6.39. The molecule has 1 aromatic heterocycles. The zero-order valence-electron chi connectivity index (χ0n) is 14.8. The lowest BCUT2D eigenvalue weighted by Gasteiger charge is -2.06. The lowest BCUT2D eigenvalue weighted by Crippen LogP contribution is -2.30. The predicted octanol–water partition coefficient (Wildman–Crippen LogP) is 3.78. The van der Waals surface area contributed by atoms with E-state index in [4.69, 9.17) is 4.74 Å². The molecule has 0 radical (unpaired) electrons. The molecule has 0 saturated carbocycles. The number of ether oxygens (including phenoxy) is 1. The van der Waals surface area contributed by atoms with E-state index < -0.39 is 0 Å². The molecule has 0 saturated heterocycles. The first-order valence-corrected chi connectivity index (χ1v) is 9.46. The van der Waals surface area contributed by atoms with Crippen molar-refractivity contribution in [2.45, 2.75) is 19.8 Å². The van der Waals surface area contributed by atoms with Crippen LogP contribution in [0.5, 0.6) is 5.75 Å². The molecule has 134 valence electrons. The molecule has 0 bridgehead atoms. The molecule has 0 atom stereocenters. The summed E-state index contributed by atoms with van der Waals surface area (Å²) in [7, 11) is 0. The number of aromatic nitrogens is 1. The van der Waals surface area contributed by atoms with Gasteiger partial charge in [-0.2, -0.15) is 0 Å². The normalized spacial score (nSPS) is 10.5. The monoisotopic (exact) mass is 366 g/mol. The fraction of sp³-hybridized carbons (Fsp3) is 0.238. The van der Waals surface area contributed by atoms with Crippen LogP contribution in [-0.2, 0) is 17.6 Å². The number of carbonyl (C=O) groups is 1. The van der Waals surface area contributed by atoms with Crippen LogP contribution < -0.4 is 10.1 Å². The second-order valence-electron chi connectivity index (χ2n) is 5.98. The number of amides is 1. The summed E-state index contributed by atoms with van der Waals surface area (Å²) in [6.07, 6.45) is 1.64. The van der Waals surface area contributed by atoms with Crippen LogP contribution in [0.3, 0.4) is 0 Å². The highest BCUT2D eigenvalue weighted by Gasteiger charge is 2.09. The highest BCUT2D eigenvalue weighted by atomic mass is 32.1. The van der Waals surface area contributed by atoms with E-state index in [2.05, 4.69) is 34.6 Å². The Labute approximate surface area is 157 Å². The van der Waals surface area contributed by atoms with Gasteiger partial charge in [-0.25, -0.2) is 4.98 Å². The third-order valence-electron chi connectivity index (χ3n) is 3.92. The molecule has 26 heavy (non-hydrogen) atoms. The fourth-order valence-electron chi connectivity index (χ4n) is 2.57. The van der Waals surface area contributed by atoms with Crippen LogP contribution in [-0.4, -0.2) is 24.0 Å². The average molecular weight is 366 g/mol. The van der Waals surface area contributed by atoms with Crippen LogP contribution in [0.4, 0.5) is 0 Å². The van der Waals surface area contributed by atoms with Crippen LogP contribution >= 0.6 is 11.3 Å². The number of nitrogens with one attached hydrogen (secondary N) is 1. The number of carbonyl (C=O) groups excluding carboxylic acids is 1. The number of para-hydroxylation sites is 1. The minimum Gasteiger partial charge on any atom is -0.484 e. The fourth-order valence-corrected chi connectivity index (χ4v) is 3.67. The van der Waals surface area contributed by atoms with Gasteiger partial charge in [0.25, 0.3) is 5.91 Å². The quantitative estimate of drug-likeness (QED) is 0.660. The summed E-state index contributed by atoms with van der Waals surface area (Å²) in [4.78, 5) is 17.8. The van der Waals surface area contributed by atoms with Gasteiger partial charge in [-0.1, -0.05) is 48.5 Å². The lowest BCUT2D eigenvalue weighted by molar-refractivity contribution is -0.123. The van der Waals surface area contributed by atoms with Gasteiger partial charge in [-0.05, 0) is 24.6 Å². The average Bonchev–Trinajstić information content (AvgIpc) is 3.01. The van der Waals surface area contributed by atoms with E-state index in [0.29, 0.717) is 12.3 Å². The molecule has 0 fully saturated rings. The van der Waals surface area contributed by atoms with Crippen LogP contribution in [0.1, 0.15) is 21.1 Å². The van der Waals surface area contributed by atoms with E-state index in [9.17, 15) is 4.79 Å². The molecule has 2 aromatic carbocycles. The lowest BCUT2D eigenvalue weighted by atomic mass is 10.1. The first kappa shape index (κ1) is 18.1. The largest absolute Gasteiger partial charge is 0.484 e. The summed E-state index contributed by atoms with van der Waals surface area (Å²) in [6, 6.07) is 19.7. The summed E-state index contributed by atoms with van der Waals surface area (Å²) >= 11 is 1.72. The maximum atomic E-state index is 11.9. The Morgan fingerprint density at radius 1 is 1.08 bits per heavy atom. The summed E-state index contributed by atoms with van der Waals surface area (Å²) in [5, 5.41) is 3.94. The van der Waals surface area contributed by atoms with Crippen LogP contribution in [0.25, 0.3) is 0 Å². The molecule has 0 aliphatic rings. The van der Waals surface area contributed by atoms with Crippen molar-refractivity contribution in [1.29, 1.82) is 0 Å². The number of aryl methyl sites for hydroxylation is 1. The number of hydrogen-bond donors (Lipinski definition) is 1. The van der Waals surface area contributed by atoms with Crippen molar-refractivity contribution >= 4 is 17.2 Å². The van der Waals surface area contributed by atoms with Gasteiger partial charge < -0.3 is 10.1 Å². The molecule has 1 heterocycles. The highest BCUT2D eigenvalue weighted by Crippen LogP contribution is 2.21. The van der Waals surface area contributed by atoms with Crippen LogP contribution in [0.15, 0.2) is 60.7 Å². The molecule has 3 aromatic rings. The number of benzene rings is 2. The first-order valence-electron chi connectivity index (χ1n) is 8.64. The molecule has 4 nitrogen and oxygen atoms in total. The topological polar surface area (TPSA) is 51.2 Å². The van der Waals surface area contributed by atoms with E-state index in [-0.39, 0.29) is 12.5 Å². The number of thiazole rings is 1. The zero-order valence-corrected chi connectivity index (χ0v) is 15.6. The zero-order chi connectivity index (χ0) is 18.2. The van der Waals surface area contributed by atoms with E-state index in [1.54, 1.807) is 11.3 Å². The van der Waals surface area contributed by atoms with Crippen LogP contribution in [0, 0.1) is 6.92 Å². The highest BCUT2D eigenvalue weighted by molar-refractivity contribution is 7.11. The van der Waals surface area contributed by atoms with E-state index in [1.807, 2.05) is 43.3 Å². The molecule has 1 amide bonds. The van der Waals surface area contributed by atoms with E-state index in [0.717, 1.165) is 23.5 Å². The minimum atomic E-state index is -0.119. The smallest absolute Gasteiger partial charge is 0.257 e. The van der Waals surface area contributed by atoms with Crippen molar-refractivity contribution in [3.05, 3.63) is 81.8 Å². The Hall–Kier alpha value is -2.66. The van der Waals surface area contributed by atoms with Crippen molar-refractivity contribution < 1.29 is 9.53 Å². The minimum absolute atomic E-state index is 0.0279. The summed E-state index contributed by atoms with van der Waals surface area (Å²) in [6.45, 7) is 2.64. The molecule has 0 spiro atoms. The Morgan fingerprint density at radius 2 is 1.77 bits per heavy atom. The van der Waals surface area contributed by atoms with Gasteiger partial charge in [0.05, 0.1) is 10.7 Å². The van der Waals surface area contributed by atoms with Gasteiger partial charge in [0.1, 0.15) is 5.75 Å². The Balaban J connectivity index is 1.43. The van der Waals surface area contributed by atoms with Gasteiger partial charge in [-0.15, -0.1) is 11.3 Å². The number of nitrogens with zero attached hydrogens (tertiary/aromatic N) is 1. The van der Waals surface area contributed by atoms with Gasteiger partial charge >= 0.3 is 0 Å². The SMILES string of the molecule is Cc1nc(CCNC(=O)COc2ccccc2)sc1Cc1ccccc1. The Morgan fingerprint density at radius 3 is 2.50 bits per heavy atom. The van der Waals surface area contributed by atoms with Crippen molar-refractivity contribution in [3.8, 4) is 5.75 Å². The molecule has 0 unspecified atom stereocenters. The van der Waals surface area contributed by atoms with E-state index >= 15 is 0 Å². The summed E-state index contributed by atoms with van der Waals surface area (Å²) in [5.41, 5.74) is 2.37. The second-order valence-corrected chi connectivity index (χ2v) is 7.15. The molecule has 0 aliphatic carbocycles. The van der Waals surface area contributed by atoms with Crippen LogP contribution in [0.2, 0.25) is 0 Å². The molecule has 3 rings (SSSR count). The van der Waals surface area contributed by atoms with Gasteiger partial charge in [0.15, 0.2) is 6.61 Å². The van der Waals surface area contributed by atoms with Crippen molar-refractivity contribution in [1.82, 2.24) is 10.3 Å². The molecule has 5 heteroatoms.